The number of benzene rings is 1. The average Bonchev–Trinajstić information content (AvgIpc) is 2.73. The summed E-state index contributed by atoms with van der Waals surface area (Å²) in [5, 5.41) is 6.10. The number of hydrogen-bond donors (Lipinski definition) is 2. The second-order valence-corrected chi connectivity index (χ2v) is 6.77. The van der Waals surface area contributed by atoms with Gasteiger partial charge in [0.25, 0.3) is 11.8 Å². The molecule has 1 aliphatic heterocycles. The minimum Gasteiger partial charge on any atom is -0.370 e. The molecule has 1 fully saturated rings. The van der Waals surface area contributed by atoms with Gasteiger partial charge >= 0.3 is 0 Å². The summed E-state index contributed by atoms with van der Waals surface area (Å²) in [4.78, 5) is 30.5. The van der Waals surface area contributed by atoms with E-state index in [9.17, 15) is 9.59 Å². The minimum absolute atomic E-state index is 0.105. The van der Waals surface area contributed by atoms with Crippen molar-refractivity contribution in [3.63, 3.8) is 0 Å². The van der Waals surface area contributed by atoms with Crippen LogP contribution in [0, 0.1) is 5.92 Å². The molecule has 0 radical (unpaired) electrons. The normalized spacial score (nSPS) is 14.6. The van der Waals surface area contributed by atoms with Crippen LogP contribution in [0.3, 0.4) is 0 Å². The zero-order valence-corrected chi connectivity index (χ0v) is 15.6. The Morgan fingerprint density at radius 2 is 1.81 bits per heavy atom. The van der Waals surface area contributed by atoms with Crippen molar-refractivity contribution in [2.45, 2.75) is 19.8 Å². The smallest absolute Gasteiger partial charge is 0.253 e. The van der Waals surface area contributed by atoms with Gasteiger partial charge in [-0.1, -0.05) is 18.2 Å². The lowest BCUT2D eigenvalue weighted by atomic mass is 9.96. The molecule has 27 heavy (non-hydrogen) atoms. The molecule has 2 aromatic rings. The second kappa shape index (κ2) is 9.16. The molecule has 0 bridgehead atoms. The van der Waals surface area contributed by atoms with Gasteiger partial charge in [0.2, 0.25) is 0 Å². The number of anilines is 1. The minimum atomic E-state index is -0.105. The van der Waals surface area contributed by atoms with E-state index in [-0.39, 0.29) is 11.8 Å². The van der Waals surface area contributed by atoms with E-state index < -0.39 is 0 Å². The van der Waals surface area contributed by atoms with Crippen LogP contribution in [0.4, 0.5) is 5.82 Å². The van der Waals surface area contributed by atoms with Crippen molar-refractivity contribution in [2.75, 3.05) is 31.5 Å². The Bertz CT molecular complexity index is 754. The first-order valence-electron chi connectivity index (χ1n) is 9.50. The number of amides is 2. The van der Waals surface area contributed by atoms with Gasteiger partial charge in [0.15, 0.2) is 0 Å². The van der Waals surface area contributed by atoms with Crippen molar-refractivity contribution >= 4 is 17.6 Å². The maximum absolute atomic E-state index is 12.5. The van der Waals surface area contributed by atoms with Gasteiger partial charge in [0.05, 0.1) is 5.56 Å². The van der Waals surface area contributed by atoms with Crippen LogP contribution in [0.2, 0.25) is 0 Å². The lowest BCUT2D eigenvalue weighted by Gasteiger charge is -2.32. The van der Waals surface area contributed by atoms with E-state index in [1.807, 2.05) is 48.2 Å². The number of piperidine rings is 1. The average molecular weight is 366 g/mol. The molecular weight excluding hydrogens is 340 g/mol. The van der Waals surface area contributed by atoms with Crippen LogP contribution in [0.25, 0.3) is 0 Å². The molecule has 6 heteroatoms. The number of hydrogen-bond acceptors (Lipinski definition) is 4. The number of nitrogens with one attached hydrogen (secondary N) is 2. The van der Waals surface area contributed by atoms with Gasteiger partial charge in [-0.3, -0.25) is 9.59 Å². The van der Waals surface area contributed by atoms with Gasteiger partial charge in [0.1, 0.15) is 5.82 Å². The number of pyridine rings is 1. The Hall–Kier alpha value is -2.89. The monoisotopic (exact) mass is 366 g/mol. The summed E-state index contributed by atoms with van der Waals surface area (Å²) in [6.45, 7) is 4.87. The van der Waals surface area contributed by atoms with E-state index in [0.717, 1.165) is 43.9 Å². The third kappa shape index (κ3) is 5.06. The van der Waals surface area contributed by atoms with Gasteiger partial charge in [-0.05, 0) is 49.9 Å². The molecule has 6 nitrogen and oxygen atoms in total. The lowest BCUT2D eigenvalue weighted by Crippen LogP contribution is -2.39. The molecule has 142 valence electrons. The Labute approximate surface area is 160 Å². The van der Waals surface area contributed by atoms with Gasteiger partial charge in [-0.25, -0.2) is 4.98 Å². The van der Waals surface area contributed by atoms with Crippen molar-refractivity contribution in [3.05, 3.63) is 59.8 Å². The van der Waals surface area contributed by atoms with E-state index in [1.165, 1.54) is 0 Å². The van der Waals surface area contributed by atoms with Gasteiger partial charge in [-0.2, -0.15) is 0 Å². The number of likely N-dealkylation sites (tertiary alicyclic amines) is 1. The van der Waals surface area contributed by atoms with Crippen molar-refractivity contribution in [2.24, 2.45) is 5.92 Å². The van der Waals surface area contributed by atoms with Crippen LogP contribution < -0.4 is 10.6 Å². The maximum atomic E-state index is 12.5. The fraction of sp³-hybridized carbons (Fsp3) is 0.381. The van der Waals surface area contributed by atoms with E-state index >= 15 is 0 Å². The fourth-order valence-electron chi connectivity index (χ4n) is 3.25. The molecular formula is C21H26N4O2. The highest BCUT2D eigenvalue weighted by molar-refractivity contribution is 5.94. The Morgan fingerprint density at radius 1 is 1.07 bits per heavy atom. The van der Waals surface area contributed by atoms with Crippen LogP contribution in [0.5, 0.6) is 0 Å². The fourth-order valence-corrected chi connectivity index (χ4v) is 3.25. The standard InChI is InChI=1S/C21H26N4O2/c1-2-22-20(26)18-8-9-19(24-15-18)23-14-16-10-12-25(13-11-16)21(27)17-6-4-3-5-7-17/h3-9,15-16H,2,10-14H2,1H3,(H,22,26)(H,23,24). The summed E-state index contributed by atoms with van der Waals surface area (Å²) < 4.78 is 0. The number of aromatic nitrogens is 1. The molecule has 0 unspecified atom stereocenters. The van der Waals surface area contributed by atoms with Crippen LogP contribution in [-0.2, 0) is 0 Å². The molecule has 2 N–H and O–H groups in total. The van der Waals surface area contributed by atoms with E-state index in [0.29, 0.717) is 18.0 Å². The third-order valence-electron chi connectivity index (χ3n) is 4.86. The summed E-state index contributed by atoms with van der Waals surface area (Å²) in [6.07, 6.45) is 3.54. The molecule has 0 saturated carbocycles. The Balaban J connectivity index is 1.44. The number of rotatable bonds is 6. The highest BCUT2D eigenvalue weighted by Gasteiger charge is 2.23. The molecule has 2 heterocycles. The van der Waals surface area contributed by atoms with E-state index in [4.69, 9.17) is 0 Å². The first-order valence-corrected chi connectivity index (χ1v) is 9.50. The molecule has 0 spiro atoms. The highest BCUT2D eigenvalue weighted by Crippen LogP contribution is 2.19. The third-order valence-corrected chi connectivity index (χ3v) is 4.86. The number of carbonyl (C=O) groups is 2. The summed E-state index contributed by atoms with van der Waals surface area (Å²) in [5.74, 6) is 1.29. The molecule has 1 saturated heterocycles. The molecule has 0 aliphatic carbocycles. The SMILES string of the molecule is CCNC(=O)c1ccc(NCC2CCN(C(=O)c3ccccc3)CC2)nc1. The summed E-state index contributed by atoms with van der Waals surface area (Å²) in [7, 11) is 0. The van der Waals surface area contributed by atoms with Crippen molar-refractivity contribution in [1.82, 2.24) is 15.2 Å². The Kier molecular flexibility index (Phi) is 6.41. The van der Waals surface area contributed by atoms with E-state index in [2.05, 4.69) is 15.6 Å². The quantitative estimate of drug-likeness (QED) is 0.824. The first-order chi connectivity index (χ1) is 13.2. The zero-order valence-electron chi connectivity index (χ0n) is 15.6. The van der Waals surface area contributed by atoms with Crippen molar-refractivity contribution < 1.29 is 9.59 Å². The van der Waals surface area contributed by atoms with Gasteiger partial charge in [-0.15, -0.1) is 0 Å². The summed E-state index contributed by atoms with van der Waals surface area (Å²) in [5.41, 5.74) is 1.32. The van der Waals surface area contributed by atoms with E-state index in [1.54, 1.807) is 12.3 Å². The molecule has 1 aromatic carbocycles. The van der Waals surface area contributed by atoms with Gasteiger partial charge < -0.3 is 15.5 Å². The van der Waals surface area contributed by atoms with Crippen LogP contribution >= 0.6 is 0 Å². The number of carbonyl (C=O) groups excluding carboxylic acids is 2. The van der Waals surface area contributed by atoms with Gasteiger partial charge in [0, 0.05) is 37.9 Å². The van der Waals surface area contributed by atoms with Crippen LogP contribution in [-0.4, -0.2) is 47.9 Å². The second-order valence-electron chi connectivity index (χ2n) is 6.77. The van der Waals surface area contributed by atoms with Crippen LogP contribution in [0.15, 0.2) is 48.7 Å². The molecule has 1 aliphatic rings. The topological polar surface area (TPSA) is 74.3 Å². The Morgan fingerprint density at radius 3 is 2.44 bits per heavy atom. The largest absolute Gasteiger partial charge is 0.370 e. The van der Waals surface area contributed by atoms with Crippen molar-refractivity contribution in [3.8, 4) is 0 Å². The number of nitrogens with zero attached hydrogens (tertiary/aromatic N) is 2. The lowest BCUT2D eigenvalue weighted by molar-refractivity contribution is 0.0694. The van der Waals surface area contributed by atoms with Crippen molar-refractivity contribution in [1.29, 1.82) is 0 Å². The predicted octanol–water partition coefficient (Wildman–Crippen LogP) is 2.80. The predicted molar refractivity (Wildman–Crippen MR) is 106 cm³/mol. The highest BCUT2D eigenvalue weighted by atomic mass is 16.2. The summed E-state index contributed by atoms with van der Waals surface area (Å²) in [6, 6.07) is 13.1. The molecule has 2 amide bonds. The summed E-state index contributed by atoms with van der Waals surface area (Å²) >= 11 is 0. The molecule has 3 rings (SSSR count). The maximum Gasteiger partial charge on any atom is 0.253 e. The first kappa shape index (κ1) is 18.9. The molecule has 1 aromatic heterocycles. The zero-order chi connectivity index (χ0) is 19.1. The molecule has 0 atom stereocenters. The van der Waals surface area contributed by atoms with Crippen LogP contribution in [0.1, 0.15) is 40.5 Å².